The van der Waals surface area contributed by atoms with Gasteiger partial charge in [0.2, 0.25) is 5.91 Å². The monoisotopic (exact) mass is 406 g/mol. The summed E-state index contributed by atoms with van der Waals surface area (Å²) < 4.78 is 7.24. The van der Waals surface area contributed by atoms with Gasteiger partial charge in [-0.25, -0.2) is 4.98 Å². The van der Waals surface area contributed by atoms with Crippen LogP contribution in [0, 0.1) is 11.3 Å². The summed E-state index contributed by atoms with van der Waals surface area (Å²) in [6, 6.07) is 6.95. The molecule has 1 fully saturated rings. The fourth-order valence-corrected chi connectivity index (χ4v) is 3.88. The number of rotatable bonds is 7. The predicted molar refractivity (Wildman–Crippen MR) is 104 cm³/mol. The standard InChI is InChI=1S/C18H19ClN4O3S/c19-12-4-5-14-15(9-12)22-18(27-11-16(24)21-7-2-6-20)23(17(14)25)10-13-3-1-8-26-13/h4-5,9,13H,1-3,7-8,10-11H2,(H,21,24)/t13-/m0/s1. The third-order valence-electron chi connectivity index (χ3n) is 4.18. The third-order valence-corrected chi connectivity index (χ3v) is 5.40. The van der Waals surface area contributed by atoms with Crippen LogP contribution in [0.5, 0.6) is 0 Å². The number of aromatic nitrogens is 2. The number of carbonyl (C=O) groups excluding carboxylic acids is 1. The number of nitrogens with one attached hydrogen (secondary N) is 1. The van der Waals surface area contributed by atoms with Crippen LogP contribution in [0.15, 0.2) is 28.2 Å². The second-order valence-electron chi connectivity index (χ2n) is 6.15. The molecular weight excluding hydrogens is 388 g/mol. The molecule has 0 unspecified atom stereocenters. The number of fused-ring (bicyclic) bond motifs is 1. The molecule has 0 aliphatic carbocycles. The molecule has 1 N–H and O–H groups in total. The number of nitriles is 1. The number of benzene rings is 1. The van der Waals surface area contributed by atoms with Crippen molar-refractivity contribution in [2.75, 3.05) is 18.9 Å². The van der Waals surface area contributed by atoms with Crippen molar-refractivity contribution < 1.29 is 9.53 Å². The van der Waals surface area contributed by atoms with Gasteiger partial charge < -0.3 is 10.1 Å². The maximum atomic E-state index is 13.0. The van der Waals surface area contributed by atoms with Gasteiger partial charge in [0, 0.05) is 18.2 Å². The average Bonchev–Trinajstić information content (AvgIpc) is 3.16. The Morgan fingerprint density at radius 1 is 1.52 bits per heavy atom. The largest absolute Gasteiger partial charge is 0.376 e. The van der Waals surface area contributed by atoms with Crippen LogP contribution >= 0.6 is 23.4 Å². The Morgan fingerprint density at radius 2 is 2.37 bits per heavy atom. The molecule has 9 heteroatoms. The van der Waals surface area contributed by atoms with E-state index < -0.39 is 0 Å². The zero-order valence-corrected chi connectivity index (χ0v) is 16.2. The summed E-state index contributed by atoms with van der Waals surface area (Å²) in [7, 11) is 0. The minimum atomic E-state index is -0.209. The number of hydrogen-bond donors (Lipinski definition) is 1. The van der Waals surface area contributed by atoms with E-state index in [1.807, 2.05) is 6.07 Å². The van der Waals surface area contributed by atoms with E-state index in [2.05, 4.69) is 10.3 Å². The third kappa shape index (κ3) is 5.01. The van der Waals surface area contributed by atoms with Gasteiger partial charge in [0.25, 0.3) is 5.56 Å². The Kier molecular flexibility index (Phi) is 6.72. The van der Waals surface area contributed by atoms with Gasteiger partial charge in [0.15, 0.2) is 5.16 Å². The zero-order valence-electron chi connectivity index (χ0n) is 14.6. The smallest absolute Gasteiger partial charge is 0.262 e. The van der Waals surface area contributed by atoms with Gasteiger partial charge in [-0.05, 0) is 31.0 Å². The molecule has 0 bridgehead atoms. The van der Waals surface area contributed by atoms with E-state index in [1.54, 1.807) is 22.8 Å². The molecule has 2 heterocycles. The van der Waals surface area contributed by atoms with E-state index in [-0.39, 0.29) is 29.7 Å². The summed E-state index contributed by atoms with van der Waals surface area (Å²) in [5, 5.41) is 12.6. The fraction of sp³-hybridized carbons (Fsp3) is 0.444. The van der Waals surface area contributed by atoms with Crippen LogP contribution in [0.1, 0.15) is 19.3 Å². The molecule has 0 saturated carbocycles. The fourth-order valence-electron chi connectivity index (χ4n) is 2.88. The number of halogens is 1. The van der Waals surface area contributed by atoms with E-state index in [4.69, 9.17) is 21.6 Å². The van der Waals surface area contributed by atoms with Gasteiger partial charge in [-0.15, -0.1) is 0 Å². The molecule has 1 atom stereocenters. The molecule has 7 nitrogen and oxygen atoms in total. The molecule has 1 saturated heterocycles. The summed E-state index contributed by atoms with van der Waals surface area (Å²) in [4.78, 5) is 29.5. The SMILES string of the molecule is N#CCCNC(=O)CSc1nc2cc(Cl)ccc2c(=O)n1C[C@@H]1CCCO1. The Morgan fingerprint density at radius 3 is 3.11 bits per heavy atom. The lowest BCUT2D eigenvalue weighted by atomic mass is 10.2. The number of amides is 1. The zero-order chi connectivity index (χ0) is 19.2. The quantitative estimate of drug-likeness (QED) is 0.430. The van der Waals surface area contributed by atoms with Crippen LogP contribution in [0.3, 0.4) is 0 Å². The molecule has 27 heavy (non-hydrogen) atoms. The van der Waals surface area contributed by atoms with Crippen molar-refractivity contribution in [2.24, 2.45) is 0 Å². The summed E-state index contributed by atoms with van der Waals surface area (Å²) in [5.74, 6) is -0.102. The molecule has 2 aromatic rings. The molecule has 1 amide bonds. The topological polar surface area (TPSA) is 97.0 Å². The van der Waals surface area contributed by atoms with Gasteiger partial charge in [0.05, 0.1) is 41.8 Å². The molecule has 3 rings (SSSR count). The van der Waals surface area contributed by atoms with Crippen molar-refractivity contribution in [1.82, 2.24) is 14.9 Å². The molecule has 0 spiro atoms. The summed E-state index contributed by atoms with van der Waals surface area (Å²) in [6.07, 6.45) is 2.09. The van der Waals surface area contributed by atoms with E-state index in [1.165, 1.54) is 11.8 Å². The van der Waals surface area contributed by atoms with Gasteiger partial charge >= 0.3 is 0 Å². The minimum Gasteiger partial charge on any atom is -0.376 e. The average molecular weight is 407 g/mol. The van der Waals surface area contributed by atoms with Crippen LogP contribution < -0.4 is 10.9 Å². The van der Waals surface area contributed by atoms with E-state index >= 15 is 0 Å². The highest BCUT2D eigenvalue weighted by atomic mass is 35.5. The van der Waals surface area contributed by atoms with Crippen LogP contribution in [0.25, 0.3) is 10.9 Å². The second-order valence-corrected chi connectivity index (χ2v) is 7.53. The van der Waals surface area contributed by atoms with E-state index in [0.29, 0.717) is 40.8 Å². The molecular formula is C18H19ClN4O3S. The van der Waals surface area contributed by atoms with Gasteiger partial charge in [-0.3, -0.25) is 14.2 Å². The normalized spacial score (nSPS) is 16.4. The molecule has 142 valence electrons. The first-order valence-electron chi connectivity index (χ1n) is 8.66. The van der Waals surface area contributed by atoms with E-state index in [0.717, 1.165) is 12.8 Å². The highest BCUT2D eigenvalue weighted by Crippen LogP contribution is 2.22. The van der Waals surface area contributed by atoms with Crippen molar-refractivity contribution in [3.63, 3.8) is 0 Å². The molecule has 1 aromatic carbocycles. The Labute approximate surface area is 165 Å². The number of thioether (sulfide) groups is 1. The summed E-state index contributed by atoms with van der Waals surface area (Å²) in [5.41, 5.74) is 0.336. The Balaban J connectivity index is 1.87. The lowest BCUT2D eigenvalue weighted by Gasteiger charge is -2.16. The Hall–Kier alpha value is -2.08. The second kappa shape index (κ2) is 9.22. The number of ether oxygens (including phenoxy) is 1. The minimum absolute atomic E-state index is 0.0296. The van der Waals surface area contributed by atoms with Crippen molar-refractivity contribution in [2.45, 2.75) is 37.1 Å². The first-order chi connectivity index (χ1) is 13.1. The molecule has 1 aromatic heterocycles. The first kappa shape index (κ1) is 19.7. The van der Waals surface area contributed by atoms with Crippen LogP contribution in [0.2, 0.25) is 5.02 Å². The number of carbonyl (C=O) groups is 1. The molecule has 0 radical (unpaired) electrons. The van der Waals surface area contributed by atoms with Crippen LogP contribution in [-0.4, -0.2) is 40.5 Å². The predicted octanol–water partition coefficient (Wildman–Crippen LogP) is 2.35. The lowest BCUT2D eigenvalue weighted by molar-refractivity contribution is -0.118. The summed E-state index contributed by atoms with van der Waals surface area (Å²) >= 11 is 7.22. The van der Waals surface area contributed by atoms with E-state index in [9.17, 15) is 9.59 Å². The first-order valence-corrected chi connectivity index (χ1v) is 10.0. The molecule has 1 aliphatic heterocycles. The number of nitrogens with zero attached hydrogens (tertiary/aromatic N) is 3. The van der Waals surface area contributed by atoms with Gasteiger partial charge in [0.1, 0.15) is 0 Å². The van der Waals surface area contributed by atoms with Crippen molar-refractivity contribution in [3.05, 3.63) is 33.6 Å². The highest BCUT2D eigenvalue weighted by Gasteiger charge is 2.20. The maximum absolute atomic E-state index is 13.0. The summed E-state index contributed by atoms with van der Waals surface area (Å²) in [6.45, 7) is 1.40. The van der Waals surface area contributed by atoms with Gasteiger partial charge in [-0.2, -0.15) is 5.26 Å². The maximum Gasteiger partial charge on any atom is 0.262 e. The van der Waals surface area contributed by atoms with Crippen molar-refractivity contribution in [3.8, 4) is 6.07 Å². The highest BCUT2D eigenvalue weighted by molar-refractivity contribution is 7.99. The lowest BCUT2D eigenvalue weighted by Crippen LogP contribution is -2.30. The van der Waals surface area contributed by atoms with Gasteiger partial charge in [-0.1, -0.05) is 23.4 Å². The molecule has 1 aliphatic rings. The van der Waals surface area contributed by atoms with Crippen molar-refractivity contribution in [1.29, 1.82) is 5.26 Å². The van der Waals surface area contributed by atoms with Crippen LogP contribution in [-0.2, 0) is 16.1 Å². The van der Waals surface area contributed by atoms with Crippen LogP contribution in [0.4, 0.5) is 0 Å². The van der Waals surface area contributed by atoms with Crippen molar-refractivity contribution >= 4 is 40.2 Å². The number of hydrogen-bond acceptors (Lipinski definition) is 6. The Bertz CT molecular complexity index is 935.